The van der Waals surface area contributed by atoms with Crippen LogP contribution in [0.25, 0.3) is 0 Å². The van der Waals surface area contributed by atoms with Crippen molar-refractivity contribution in [1.82, 2.24) is 0 Å². The highest BCUT2D eigenvalue weighted by atomic mass is 28.4. The van der Waals surface area contributed by atoms with Crippen molar-refractivity contribution in [2.75, 3.05) is 19.8 Å². The van der Waals surface area contributed by atoms with Gasteiger partial charge in [-0.2, -0.15) is 0 Å². The van der Waals surface area contributed by atoms with Gasteiger partial charge in [-0.25, -0.2) is 0 Å². The van der Waals surface area contributed by atoms with Crippen LogP contribution in [-0.4, -0.2) is 28.1 Å². The van der Waals surface area contributed by atoms with Crippen molar-refractivity contribution >= 4 is 8.32 Å². The topological polar surface area (TPSA) is 18.5 Å². The standard InChI is InChI=1S/C13H28O2Si/c1-7-14-10-13(8-9-13)11-15-16(5,6)12(2,3)4/h7-11H2,1-6H3. The molecule has 2 nitrogen and oxygen atoms in total. The molecule has 0 aromatic heterocycles. The molecular formula is C13H28O2Si. The largest absolute Gasteiger partial charge is 0.416 e. The van der Waals surface area contributed by atoms with Gasteiger partial charge in [0.15, 0.2) is 8.32 Å². The SMILES string of the molecule is CCOCC1(CO[Si](C)(C)C(C)(C)C)CC1. The van der Waals surface area contributed by atoms with Crippen molar-refractivity contribution in [3.63, 3.8) is 0 Å². The molecule has 1 aliphatic rings. The second-order valence-electron chi connectivity index (χ2n) is 6.69. The third kappa shape index (κ3) is 3.57. The van der Waals surface area contributed by atoms with Crippen LogP contribution in [0.5, 0.6) is 0 Å². The van der Waals surface area contributed by atoms with Gasteiger partial charge in [-0.3, -0.25) is 0 Å². The maximum atomic E-state index is 6.28. The van der Waals surface area contributed by atoms with E-state index < -0.39 is 8.32 Å². The Morgan fingerprint density at radius 2 is 1.69 bits per heavy atom. The number of hydrogen-bond acceptors (Lipinski definition) is 2. The molecule has 0 aliphatic heterocycles. The first-order valence-electron chi connectivity index (χ1n) is 6.44. The Labute approximate surface area is 102 Å². The first-order chi connectivity index (χ1) is 7.22. The lowest BCUT2D eigenvalue weighted by molar-refractivity contribution is 0.0714. The molecule has 0 N–H and O–H groups in total. The van der Waals surface area contributed by atoms with E-state index in [9.17, 15) is 0 Å². The van der Waals surface area contributed by atoms with Gasteiger partial charge in [-0.1, -0.05) is 20.8 Å². The lowest BCUT2D eigenvalue weighted by Gasteiger charge is -2.37. The Balaban J connectivity index is 2.39. The van der Waals surface area contributed by atoms with Crippen molar-refractivity contribution in [3.05, 3.63) is 0 Å². The summed E-state index contributed by atoms with van der Waals surface area (Å²) in [5.74, 6) is 0. The monoisotopic (exact) mass is 244 g/mol. The second kappa shape index (κ2) is 4.79. The Morgan fingerprint density at radius 3 is 2.06 bits per heavy atom. The number of rotatable bonds is 6. The van der Waals surface area contributed by atoms with Gasteiger partial charge in [-0.15, -0.1) is 0 Å². The zero-order chi connectivity index (χ0) is 12.4. The molecular weight excluding hydrogens is 216 g/mol. The van der Waals surface area contributed by atoms with Crippen LogP contribution in [0.15, 0.2) is 0 Å². The molecule has 0 radical (unpaired) electrons. The minimum Gasteiger partial charge on any atom is -0.416 e. The molecule has 0 heterocycles. The van der Waals surface area contributed by atoms with Gasteiger partial charge in [0.25, 0.3) is 0 Å². The van der Waals surface area contributed by atoms with Crippen molar-refractivity contribution in [1.29, 1.82) is 0 Å². The second-order valence-corrected chi connectivity index (χ2v) is 11.5. The van der Waals surface area contributed by atoms with E-state index in [1.54, 1.807) is 0 Å². The third-order valence-corrected chi connectivity index (χ3v) is 8.59. The summed E-state index contributed by atoms with van der Waals surface area (Å²) < 4.78 is 11.8. The predicted molar refractivity (Wildman–Crippen MR) is 71.3 cm³/mol. The average Bonchev–Trinajstić information content (AvgIpc) is 2.91. The van der Waals surface area contributed by atoms with Gasteiger partial charge in [0.2, 0.25) is 0 Å². The summed E-state index contributed by atoms with van der Waals surface area (Å²) in [6.07, 6.45) is 2.56. The Bertz CT molecular complexity index is 227. The molecule has 1 rings (SSSR count). The van der Waals surface area contributed by atoms with Crippen LogP contribution in [-0.2, 0) is 9.16 Å². The van der Waals surface area contributed by atoms with E-state index in [4.69, 9.17) is 9.16 Å². The molecule has 96 valence electrons. The van der Waals surface area contributed by atoms with Gasteiger partial charge in [-0.05, 0) is 37.9 Å². The summed E-state index contributed by atoms with van der Waals surface area (Å²) in [4.78, 5) is 0. The summed E-state index contributed by atoms with van der Waals surface area (Å²) in [6.45, 7) is 16.2. The van der Waals surface area contributed by atoms with E-state index in [1.807, 2.05) is 0 Å². The molecule has 0 aromatic rings. The average molecular weight is 244 g/mol. The van der Waals surface area contributed by atoms with Gasteiger partial charge in [0, 0.05) is 18.6 Å². The fraction of sp³-hybridized carbons (Fsp3) is 1.00. The number of ether oxygens (including phenoxy) is 1. The fourth-order valence-corrected chi connectivity index (χ4v) is 2.48. The van der Waals surface area contributed by atoms with Gasteiger partial charge >= 0.3 is 0 Å². The maximum Gasteiger partial charge on any atom is 0.192 e. The van der Waals surface area contributed by atoms with Crippen LogP contribution in [0, 0.1) is 5.41 Å². The fourth-order valence-electron chi connectivity index (χ4n) is 1.38. The normalized spacial score (nSPS) is 19.9. The summed E-state index contributed by atoms with van der Waals surface area (Å²) >= 11 is 0. The predicted octanol–water partition coefficient (Wildman–Crippen LogP) is 3.82. The van der Waals surface area contributed by atoms with E-state index in [-0.39, 0.29) is 0 Å². The van der Waals surface area contributed by atoms with Gasteiger partial charge < -0.3 is 9.16 Å². The maximum absolute atomic E-state index is 6.28. The first kappa shape index (κ1) is 14.2. The lowest BCUT2D eigenvalue weighted by Crippen LogP contribution is -2.42. The van der Waals surface area contributed by atoms with E-state index >= 15 is 0 Å². The zero-order valence-electron chi connectivity index (χ0n) is 11.9. The molecule has 0 amide bonds. The first-order valence-corrected chi connectivity index (χ1v) is 9.35. The molecule has 1 fully saturated rings. The van der Waals surface area contributed by atoms with Gasteiger partial charge in [0.1, 0.15) is 0 Å². The molecule has 0 unspecified atom stereocenters. The Hall–Kier alpha value is 0.137. The summed E-state index contributed by atoms with van der Waals surface area (Å²) in [5, 5.41) is 0.314. The molecule has 0 saturated heterocycles. The van der Waals surface area contributed by atoms with Crippen molar-refractivity contribution < 1.29 is 9.16 Å². The zero-order valence-corrected chi connectivity index (χ0v) is 12.9. The Kier molecular flexibility index (Phi) is 4.25. The molecule has 0 atom stereocenters. The molecule has 3 heteroatoms. The number of hydrogen-bond donors (Lipinski definition) is 0. The molecule has 0 spiro atoms. The highest BCUT2D eigenvalue weighted by Gasteiger charge is 2.46. The van der Waals surface area contributed by atoms with E-state index in [0.29, 0.717) is 10.5 Å². The van der Waals surface area contributed by atoms with Crippen molar-refractivity contribution in [3.8, 4) is 0 Å². The van der Waals surface area contributed by atoms with Crippen LogP contribution in [0.3, 0.4) is 0 Å². The molecule has 0 bridgehead atoms. The van der Waals surface area contributed by atoms with Crippen LogP contribution in [0.2, 0.25) is 18.1 Å². The molecule has 1 aliphatic carbocycles. The smallest absolute Gasteiger partial charge is 0.192 e. The lowest BCUT2D eigenvalue weighted by atomic mass is 10.1. The highest BCUT2D eigenvalue weighted by molar-refractivity contribution is 6.74. The van der Waals surface area contributed by atoms with Crippen molar-refractivity contribution in [2.45, 2.75) is 58.7 Å². The van der Waals surface area contributed by atoms with E-state index in [2.05, 4.69) is 40.8 Å². The molecule has 16 heavy (non-hydrogen) atoms. The van der Waals surface area contributed by atoms with Crippen LogP contribution >= 0.6 is 0 Å². The summed E-state index contributed by atoms with van der Waals surface area (Å²) in [6, 6.07) is 0. The van der Waals surface area contributed by atoms with Crippen LogP contribution in [0.4, 0.5) is 0 Å². The summed E-state index contributed by atoms with van der Waals surface area (Å²) in [5.41, 5.74) is 0.367. The molecule has 0 aromatic carbocycles. The van der Waals surface area contributed by atoms with Crippen LogP contribution < -0.4 is 0 Å². The minimum atomic E-state index is -1.57. The Morgan fingerprint density at radius 1 is 1.12 bits per heavy atom. The minimum absolute atomic E-state index is 0.314. The van der Waals surface area contributed by atoms with Crippen LogP contribution in [0.1, 0.15) is 40.5 Å². The summed E-state index contributed by atoms with van der Waals surface area (Å²) in [7, 11) is -1.57. The molecule has 1 saturated carbocycles. The quantitative estimate of drug-likeness (QED) is 0.661. The van der Waals surface area contributed by atoms with E-state index in [0.717, 1.165) is 19.8 Å². The van der Waals surface area contributed by atoms with Crippen molar-refractivity contribution in [2.24, 2.45) is 5.41 Å². The highest BCUT2D eigenvalue weighted by Crippen LogP contribution is 2.48. The van der Waals surface area contributed by atoms with Gasteiger partial charge in [0.05, 0.1) is 6.61 Å². The van der Waals surface area contributed by atoms with E-state index in [1.165, 1.54) is 12.8 Å². The third-order valence-electron chi connectivity index (χ3n) is 4.11.